The minimum absolute atomic E-state index is 0.0655. The van der Waals surface area contributed by atoms with Gasteiger partial charge in [-0.25, -0.2) is 0 Å². The van der Waals surface area contributed by atoms with E-state index in [1.807, 2.05) is 6.08 Å². The van der Waals surface area contributed by atoms with Gasteiger partial charge in [0.25, 0.3) is 0 Å². The van der Waals surface area contributed by atoms with E-state index in [2.05, 4.69) is 32.2 Å². The van der Waals surface area contributed by atoms with Crippen molar-refractivity contribution in [1.29, 1.82) is 0 Å². The fourth-order valence-electron chi connectivity index (χ4n) is 0.854. The van der Waals surface area contributed by atoms with E-state index in [1.54, 1.807) is 6.08 Å². The standard InChI is InChI=1S/C10H11FS/c1-10(2,3)8-4-6-9(12-11)7-5-8/h4,6H,1-3H3. The second-order valence-electron chi connectivity index (χ2n) is 3.69. The average Bonchev–Trinajstić information content (AvgIpc) is 2.03. The molecule has 0 spiro atoms. The third-order valence-electron chi connectivity index (χ3n) is 1.61. The molecule has 0 amide bonds. The highest BCUT2D eigenvalue weighted by molar-refractivity contribution is 7.98. The summed E-state index contributed by atoms with van der Waals surface area (Å²) >= 11 is 0.201. The lowest BCUT2D eigenvalue weighted by Gasteiger charge is -2.18. The van der Waals surface area contributed by atoms with Crippen molar-refractivity contribution in [3.05, 3.63) is 34.1 Å². The highest BCUT2D eigenvalue weighted by atomic mass is 32.2. The molecule has 0 aromatic heterocycles. The van der Waals surface area contributed by atoms with Crippen molar-refractivity contribution < 1.29 is 3.89 Å². The number of hydrogen-bond acceptors (Lipinski definition) is 1. The molecule has 0 saturated carbocycles. The zero-order valence-corrected chi connectivity index (χ0v) is 8.26. The van der Waals surface area contributed by atoms with Gasteiger partial charge < -0.3 is 0 Å². The number of allylic oxidation sites excluding steroid dienone is 3. The molecule has 0 bridgehead atoms. The van der Waals surface area contributed by atoms with Crippen LogP contribution in [-0.2, 0) is 0 Å². The Labute approximate surface area is 76.8 Å². The van der Waals surface area contributed by atoms with E-state index in [0.29, 0.717) is 4.91 Å². The molecule has 12 heavy (non-hydrogen) atoms. The molecule has 64 valence electrons. The molecule has 0 N–H and O–H groups in total. The summed E-state index contributed by atoms with van der Waals surface area (Å²) in [5.74, 6) is 0. The molecule has 2 heteroatoms. The summed E-state index contributed by atoms with van der Waals surface area (Å²) in [7, 11) is 0. The van der Waals surface area contributed by atoms with Crippen LogP contribution in [0.1, 0.15) is 20.8 Å². The van der Waals surface area contributed by atoms with E-state index in [-0.39, 0.29) is 17.6 Å². The summed E-state index contributed by atoms with van der Waals surface area (Å²) in [6.07, 6.45) is 3.61. The second kappa shape index (κ2) is 3.37. The van der Waals surface area contributed by atoms with Crippen LogP contribution >= 0.6 is 12.1 Å². The van der Waals surface area contributed by atoms with Gasteiger partial charge >= 0.3 is 0 Å². The van der Waals surface area contributed by atoms with Crippen LogP contribution in [-0.4, -0.2) is 0 Å². The van der Waals surface area contributed by atoms with E-state index in [4.69, 9.17) is 0 Å². The Kier molecular flexibility index (Phi) is 2.64. The Hall–Kier alpha value is -0.680. The third kappa shape index (κ3) is 2.15. The van der Waals surface area contributed by atoms with Crippen molar-refractivity contribution in [1.82, 2.24) is 0 Å². The lowest BCUT2D eigenvalue weighted by Crippen LogP contribution is -2.06. The van der Waals surface area contributed by atoms with Gasteiger partial charge in [0.2, 0.25) is 0 Å². The summed E-state index contributed by atoms with van der Waals surface area (Å²) in [5.41, 5.74) is 6.82. The van der Waals surface area contributed by atoms with E-state index < -0.39 is 0 Å². The first-order chi connectivity index (χ1) is 5.54. The van der Waals surface area contributed by atoms with Gasteiger partial charge in [-0.1, -0.05) is 32.2 Å². The van der Waals surface area contributed by atoms with Crippen LogP contribution in [0.2, 0.25) is 0 Å². The van der Waals surface area contributed by atoms with Crippen molar-refractivity contribution in [3.63, 3.8) is 0 Å². The van der Waals surface area contributed by atoms with Crippen LogP contribution in [0.4, 0.5) is 3.89 Å². The van der Waals surface area contributed by atoms with E-state index >= 15 is 0 Å². The topological polar surface area (TPSA) is 0 Å². The number of hydrogen-bond donors (Lipinski definition) is 0. The Balaban J connectivity index is 3.07. The lowest BCUT2D eigenvalue weighted by atomic mass is 9.86. The van der Waals surface area contributed by atoms with Gasteiger partial charge in [0.1, 0.15) is 0 Å². The van der Waals surface area contributed by atoms with Crippen molar-refractivity contribution in [3.8, 4) is 0 Å². The van der Waals surface area contributed by atoms with Gasteiger partial charge in [0.15, 0.2) is 0 Å². The van der Waals surface area contributed by atoms with Gasteiger partial charge in [0.05, 0.1) is 17.1 Å². The summed E-state index contributed by atoms with van der Waals surface area (Å²) in [6, 6.07) is 0. The Morgan fingerprint density at radius 3 is 2.25 bits per heavy atom. The minimum Gasteiger partial charge on any atom is -0.159 e. The predicted octanol–water partition coefficient (Wildman–Crippen LogP) is 3.78. The monoisotopic (exact) mass is 182 g/mol. The molecule has 0 fully saturated rings. The molecule has 0 radical (unpaired) electrons. The number of halogens is 1. The van der Waals surface area contributed by atoms with Crippen molar-refractivity contribution in [2.75, 3.05) is 0 Å². The van der Waals surface area contributed by atoms with Crippen LogP contribution in [0.5, 0.6) is 0 Å². The molecule has 1 rings (SSSR count). The van der Waals surface area contributed by atoms with Gasteiger partial charge in [-0.3, -0.25) is 0 Å². The summed E-state index contributed by atoms with van der Waals surface area (Å²) in [6.45, 7) is 6.28. The number of rotatable bonds is 1. The minimum atomic E-state index is 0.0655. The smallest absolute Gasteiger partial charge is 0.0910 e. The quantitative estimate of drug-likeness (QED) is 0.556. The summed E-state index contributed by atoms with van der Waals surface area (Å²) in [5, 5.41) is 0. The van der Waals surface area contributed by atoms with Crippen LogP contribution in [0.15, 0.2) is 34.1 Å². The van der Waals surface area contributed by atoms with Crippen LogP contribution in [0, 0.1) is 5.41 Å². The molecule has 1 aliphatic carbocycles. The third-order valence-corrected chi connectivity index (χ3v) is 2.02. The lowest BCUT2D eigenvalue weighted by molar-refractivity contribution is 0.518. The van der Waals surface area contributed by atoms with E-state index in [1.165, 1.54) is 0 Å². The van der Waals surface area contributed by atoms with Gasteiger partial charge in [-0.15, -0.1) is 0 Å². The summed E-state index contributed by atoms with van der Waals surface area (Å²) < 4.78 is 12.0. The fourth-order valence-corrected chi connectivity index (χ4v) is 1.06. The molecule has 0 unspecified atom stereocenters. The van der Waals surface area contributed by atoms with Gasteiger partial charge in [0, 0.05) is 5.57 Å². The normalized spacial score (nSPS) is 16.0. The Morgan fingerprint density at radius 1 is 1.25 bits per heavy atom. The Morgan fingerprint density at radius 2 is 1.92 bits per heavy atom. The van der Waals surface area contributed by atoms with Crippen LogP contribution < -0.4 is 0 Å². The first-order valence-electron chi connectivity index (χ1n) is 3.77. The van der Waals surface area contributed by atoms with E-state index in [0.717, 1.165) is 5.57 Å². The summed E-state index contributed by atoms with van der Waals surface area (Å²) in [4.78, 5) is 0.489. The molecular formula is C10H11FS. The zero-order chi connectivity index (χ0) is 9.19. The largest absolute Gasteiger partial charge is 0.159 e. The maximum Gasteiger partial charge on any atom is 0.0910 e. The molecule has 0 heterocycles. The van der Waals surface area contributed by atoms with Crippen molar-refractivity contribution in [2.24, 2.45) is 5.41 Å². The molecule has 0 aromatic rings. The zero-order valence-electron chi connectivity index (χ0n) is 7.44. The molecule has 0 aromatic carbocycles. The van der Waals surface area contributed by atoms with E-state index in [9.17, 15) is 3.89 Å². The highest BCUT2D eigenvalue weighted by Gasteiger charge is 2.15. The van der Waals surface area contributed by atoms with Crippen molar-refractivity contribution >= 4 is 12.1 Å². The van der Waals surface area contributed by atoms with Crippen LogP contribution in [0.3, 0.4) is 0 Å². The Bertz CT molecular complexity index is 305. The van der Waals surface area contributed by atoms with Gasteiger partial charge in [-0.2, -0.15) is 3.89 Å². The molecule has 0 nitrogen and oxygen atoms in total. The maximum absolute atomic E-state index is 12.0. The first kappa shape index (κ1) is 9.41. The molecule has 0 saturated heterocycles. The van der Waals surface area contributed by atoms with Crippen LogP contribution in [0.25, 0.3) is 0 Å². The SMILES string of the molecule is CC(C)(C)C1=C=C=C(SF)C=C1. The molecule has 1 aliphatic rings. The first-order valence-corrected chi connectivity index (χ1v) is 4.49. The highest BCUT2D eigenvalue weighted by Crippen LogP contribution is 2.28. The predicted molar refractivity (Wildman–Crippen MR) is 51.3 cm³/mol. The molecular weight excluding hydrogens is 171 g/mol. The molecule has 0 atom stereocenters. The van der Waals surface area contributed by atoms with Crippen molar-refractivity contribution in [2.45, 2.75) is 20.8 Å². The second-order valence-corrected chi connectivity index (χ2v) is 4.28. The van der Waals surface area contributed by atoms with Gasteiger partial charge in [-0.05, 0) is 17.6 Å². The maximum atomic E-state index is 12.0. The fraction of sp³-hybridized carbons (Fsp3) is 0.400. The average molecular weight is 182 g/mol. The molecule has 0 aliphatic heterocycles.